The first-order valence-electron chi connectivity index (χ1n) is 10.2. The maximum atomic E-state index is 12.5. The van der Waals surface area contributed by atoms with Crippen LogP contribution >= 0.6 is 0 Å². The van der Waals surface area contributed by atoms with Crippen LogP contribution in [0.4, 0.5) is 0 Å². The number of carbonyl (C=O) groups is 3. The predicted octanol–water partition coefficient (Wildman–Crippen LogP) is -0.0621. The van der Waals surface area contributed by atoms with Crippen molar-refractivity contribution in [1.82, 2.24) is 25.1 Å². The lowest BCUT2D eigenvalue weighted by molar-refractivity contribution is -0.136. The van der Waals surface area contributed by atoms with Crippen molar-refractivity contribution in [2.45, 2.75) is 44.2 Å². The molecular weight excluding hydrogens is 390 g/mol. The van der Waals surface area contributed by atoms with Crippen molar-refractivity contribution in [2.24, 2.45) is 0 Å². The van der Waals surface area contributed by atoms with Gasteiger partial charge >= 0.3 is 0 Å². The van der Waals surface area contributed by atoms with Gasteiger partial charge in [-0.25, -0.2) is 0 Å². The fourth-order valence-electron chi connectivity index (χ4n) is 3.75. The number of carboxylic acid groups (broad SMARTS) is 1. The average molecular weight is 421 g/mol. The Morgan fingerprint density at radius 3 is 2.63 bits per heavy atom. The van der Waals surface area contributed by atoms with Crippen LogP contribution in [-0.2, 0) is 25.5 Å². The standard InChI is InChI=1S/C19H29N5O3.CH2O2/c1-23-16(12-19(26)24-8-10-27-11-9-24)3-4-17(23)14-22-18(25)5-2-15-13-20-6-7-21-15;2-1-3/h6-7,13,16-17H,2-5,8-12,14H2,1H3,(H,22,25);1H,(H,2,3)/t16-,17+;/m1./s1. The van der Waals surface area contributed by atoms with Crippen LogP contribution in [-0.4, -0.2) is 95.1 Å². The number of amides is 2. The van der Waals surface area contributed by atoms with Crippen LogP contribution < -0.4 is 5.32 Å². The lowest BCUT2D eigenvalue weighted by Crippen LogP contribution is -2.45. The van der Waals surface area contributed by atoms with Crippen LogP contribution in [0.2, 0.25) is 0 Å². The number of ether oxygens (including phenoxy) is 1. The van der Waals surface area contributed by atoms with Gasteiger partial charge in [-0.15, -0.1) is 0 Å². The third-order valence-electron chi connectivity index (χ3n) is 5.52. The molecule has 2 aliphatic rings. The summed E-state index contributed by atoms with van der Waals surface area (Å²) in [6, 6.07) is 0.537. The van der Waals surface area contributed by atoms with E-state index in [0.29, 0.717) is 52.1 Å². The smallest absolute Gasteiger partial charge is 0.290 e. The van der Waals surface area contributed by atoms with Gasteiger partial charge in [0.1, 0.15) is 0 Å². The first kappa shape index (κ1) is 23.7. The molecule has 0 spiro atoms. The van der Waals surface area contributed by atoms with Crippen LogP contribution in [0.3, 0.4) is 0 Å². The molecule has 3 heterocycles. The van der Waals surface area contributed by atoms with Crippen molar-refractivity contribution >= 4 is 18.3 Å². The fraction of sp³-hybridized carbons (Fsp3) is 0.650. The number of nitrogens with zero attached hydrogens (tertiary/aromatic N) is 4. The van der Waals surface area contributed by atoms with Gasteiger partial charge in [0.2, 0.25) is 11.8 Å². The topological polar surface area (TPSA) is 125 Å². The molecule has 0 aromatic carbocycles. The van der Waals surface area contributed by atoms with Gasteiger partial charge in [-0.3, -0.25) is 29.3 Å². The van der Waals surface area contributed by atoms with E-state index in [1.54, 1.807) is 18.6 Å². The van der Waals surface area contributed by atoms with Gasteiger partial charge in [0.15, 0.2) is 0 Å². The van der Waals surface area contributed by atoms with E-state index in [0.717, 1.165) is 18.5 Å². The number of aryl methyl sites for hydroxylation is 1. The highest BCUT2D eigenvalue weighted by Gasteiger charge is 2.33. The minimum absolute atomic E-state index is 0.0295. The van der Waals surface area contributed by atoms with Gasteiger partial charge in [0.05, 0.1) is 18.9 Å². The Kier molecular flexibility index (Phi) is 10.2. The van der Waals surface area contributed by atoms with Crippen molar-refractivity contribution < 1.29 is 24.2 Å². The molecule has 2 N–H and O–H groups in total. The summed E-state index contributed by atoms with van der Waals surface area (Å²) in [4.78, 5) is 45.3. The lowest BCUT2D eigenvalue weighted by atomic mass is 10.1. The zero-order valence-electron chi connectivity index (χ0n) is 17.4. The van der Waals surface area contributed by atoms with E-state index in [-0.39, 0.29) is 30.4 Å². The number of hydrogen-bond acceptors (Lipinski definition) is 7. The molecule has 2 fully saturated rings. The lowest BCUT2D eigenvalue weighted by Gasteiger charge is -2.30. The van der Waals surface area contributed by atoms with Crippen molar-refractivity contribution in [3.8, 4) is 0 Å². The zero-order valence-corrected chi connectivity index (χ0v) is 17.4. The SMILES string of the molecule is CN1[C@@H](CC(=O)N2CCOCC2)CC[C@H]1CNC(=O)CCc1cnccn1.O=CO. The molecule has 1 aromatic heterocycles. The summed E-state index contributed by atoms with van der Waals surface area (Å²) in [5.74, 6) is 0.241. The van der Waals surface area contributed by atoms with E-state index in [1.165, 1.54) is 0 Å². The summed E-state index contributed by atoms with van der Waals surface area (Å²) in [6.45, 7) is 3.03. The van der Waals surface area contributed by atoms with E-state index in [4.69, 9.17) is 14.6 Å². The summed E-state index contributed by atoms with van der Waals surface area (Å²) < 4.78 is 5.31. The number of nitrogens with one attached hydrogen (secondary N) is 1. The number of likely N-dealkylation sites (tertiary alicyclic amines) is 1. The Labute approximate surface area is 176 Å². The average Bonchev–Trinajstić information content (AvgIpc) is 3.12. The molecule has 2 aliphatic heterocycles. The van der Waals surface area contributed by atoms with Crippen molar-refractivity contribution in [2.75, 3.05) is 39.9 Å². The first-order valence-corrected chi connectivity index (χ1v) is 10.2. The van der Waals surface area contributed by atoms with Crippen LogP contribution in [0, 0.1) is 0 Å². The Balaban J connectivity index is 0.00000101. The molecule has 2 saturated heterocycles. The highest BCUT2D eigenvalue weighted by Crippen LogP contribution is 2.25. The minimum Gasteiger partial charge on any atom is -0.483 e. The van der Waals surface area contributed by atoms with Crippen molar-refractivity contribution in [3.05, 3.63) is 24.3 Å². The molecule has 0 saturated carbocycles. The normalized spacial score (nSPS) is 21.4. The Morgan fingerprint density at radius 1 is 1.27 bits per heavy atom. The Morgan fingerprint density at radius 2 is 1.97 bits per heavy atom. The number of hydrogen-bond donors (Lipinski definition) is 2. The molecule has 0 radical (unpaired) electrons. The number of aromatic nitrogens is 2. The minimum atomic E-state index is -0.250. The van der Waals surface area contributed by atoms with E-state index < -0.39 is 0 Å². The molecule has 0 aliphatic carbocycles. The number of likely N-dealkylation sites (N-methyl/N-ethyl adjacent to an activating group) is 1. The third kappa shape index (κ3) is 7.68. The summed E-state index contributed by atoms with van der Waals surface area (Å²) in [5.41, 5.74) is 0.826. The maximum Gasteiger partial charge on any atom is 0.290 e. The quantitative estimate of drug-likeness (QED) is 0.587. The molecule has 30 heavy (non-hydrogen) atoms. The molecule has 2 amide bonds. The molecule has 10 heteroatoms. The molecule has 0 bridgehead atoms. The van der Waals surface area contributed by atoms with Gasteiger partial charge in [-0.2, -0.15) is 0 Å². The van der Waals surface area contributed by atoms with Crippen molar-refractivity contribution in [3.63, 3.8) is 0 Å². The Hall–Kier alpha value is -2.59. The molecule has 0 unspecified atom stereocenters. The predicted molar refractivity (Wildman–Crippen MR) is 109 cm³/mol. The zero-order chi connectivity index (χ0) is 21.8. The molecular formula is C20H31N5O5. The van der Waals surface area contributed by atoms with E-state index >= 15 is 0 Å². The van der Waals surface area contributed by atoms with Gasteiger partial charge in [-0.05, 0) is 26.3 Å². The first-order chi connectivity index (χ1) is 14.5. The monoisotopic (exact) mass is 421 g/mol. The largest absolute Gasteiger partial charge is 0.483 e. The maximum absolute atomic E-state index is 12.5. The summed E-state index contributed by atoms with van der Waals surface area (Å²) in [7, 11) is 2.06. The number of carbonyl (C=O) groups excluding carboxylic acids is 2. The second-order valence-corrected chi connectivity index (χ2v) is 7.35. The summed E-state index contributed by atoms with van der Waals surface area (Å²) in [6.07, 6.45) is 8.50. The highest BCUT2D eigenvalue weighted by atomic mass is 16.5. The highest BCUT2D eigenvalue weighted by molar-refractivity contribution is 5.77. The van der Waals surface area contributed by atoms with Crippen LogP contribution in [0.25, 0.3) is 0 Å². The van der Waals surface area contributed by atoms with Gasteiger partial charge in [0.25, 0.3) is 6.47 Å². The summed E-state index contributed by atoms with van der Waals surface area (Å²) in [5, 5.41) is 9.91. The fourth-order valence-corrected chi connectivity index (χ4v) is 3.75. The second kappa shape index (κ2) is 12.9. The number of morpholine rings is 1. The molecule has 3 rings (SSSR count). The second-order valence-electron chi connectivity index (χ2n) is 7.35. The Bertz CT molecular complexity index is 669. The molecule has 166 valence electrons. The van der Waals surface area contributed by atoms with Crippen LogP contribution in [0.1, 0.15) is 31.4 Å². The van der Waals surface area contributed by atoms with Gasteiger partial charge < -0.3 is 20.1 Å². The van der Waals surface area contributed by atoms with Crippen LogP contribution in [0.15, 0.2) is 18.6 Å². The summed E-state index contributed by atoms with van der Waals surface area (Å²) >= 11 is 0. The van der Waals surface area contributed by atoms with E-state index in [1.807, 2.05) is 4.90 Å². The van der Waals surface area contributed by atoms with Gasteiger partial charge in [-0.1, -0.05) is 0 Å². The third-order valence-corrected chi connectivity index (χ3v) is 5.52. The van der Waals surface area contributed by atoms with Crippen LogP contribution in [0.5, 0.6) is 0 Å². The van der Waals surface area contributed by atoms with E-state index in [2.05, 4.69) is 27.2 Å². The molecule has 2 atom stereocenters. The molecule has 10 nitrogen and oxygen atoms in total. The van der Waals surface area contributed by atoms with Crippen molar-refractivity contribution in [1.29, 1.82) is 0 Å². The van der Waals surface area contributed by atoms with Gasteiger partial charge in [0, 0.05) is 63.2 Å². The number of rotatable bonds is 7. The van der Waals surface area contributed by atoms with E-state index in [9.17, 15) is 9.59 Å². The molecule has 1 aromatic rings.